The number of nitrogens with one attached hydrogen (secondary N) is 2. The maximum atomic E-state index is 12.4. The molecule has 6 nitrogen and oxygen atoms in total. The Morgan fingerprint density at radius 3 is 2.19 bits per heavy atom. The van der Waals surface area contributed by atoms with Crippen LogP contribution in [0.3, 0.4) is 0 Å². The van der Waals surface area contributed by atoms with Crippen molar-refractivity contribution in [1.82, 2.24) is 4.90 Å². The number of nitrogens with zero attached hydrogens (tertiary/aromatic N) is 1. The molecule has 2 amide bonds. The molecule has 0 aliphatic carbocycles. The third-order valence-electron chi connectivity index (χ3n) is 4.41. The van der Waals surface area contributed by atoms with Gasteiger partial charge >= 0.3 is 0 Å². The van der Waals surface area contributed by atoms with Crippen molar-refractivity contribution in [2.75, 3.05) is 30.8 Å². The minimum Gasteiger partial charge on any atom is -0.455 e. The monoisotopic (exact) mass is 437 g/mol. The number of para-hydroxylation sites is 4. The summed E-state index contributed by atoms with van der Waals surface area (Å²) in [6, 6.07) is 23.7. The van der Waals surface area contributed by atoms with Crippen LogP contribution in [0.2, 0.25) is 5.02 Å². The van der Waals surface area contributed by atoms with Crippen molar-refractivity contribution in [3.63, 3.8) is 0 Å². The van der Waals surface area contributed by atoms with E-state index in [1.807, 2.05) is 42.5 Å². The molecule has 0 fully saturated rings. The fourth-order valence-corrected chi connectivity index (χ4v) is 3.04. The molecule has 7 heteroatoms. The molecule has 0 aromatic heterocycles. The van der Waals surface area contributed by atoms with Crippen molar-refractivity contribution in [2.24, 2.45) is 0 Å². The topological polar surface area (TPSA) is 70.7 Å². The predicted octanol–water partition coefficient (Wildman–Crippen LogP) is 5.03. The fraction of sp³-hybridized carbons (Fsp3) is 0.167. The van der Waals surface area contributed by atoms with Gasteiger partial charge in [-0.2, -0.15) is 0 Å². The first-order valence-electron chi connectivity index (χ1n) is 9.86. The van der Waals surface area contributed by atoms with Gasteiger partial charge in [-0.15, -0.1) is 0 Å². The van der Waals surface area contributed by atoms with Gasteiger partial charge in [0.15, 0.2) is 5.75 Å². The number of rotatable bonds is 9. The van der Waals surface area contributed by atoms with Crippen LogP contribution in [0.25, 0.3) is 0 Å². The summed E-state index contributed by atoms with van der Waals surface area (Å²) in [5, 5.41) is 6.13. The van der Waals surface area contributed by atoms with Crippen LogP contribution >= 0.6 is 11.6 Å². The number of ether oxygens (including phenoxy) is 1. The van der Waals surface area contributed by atoms with Gasteiger partial charge in [-0.1, -0.05) is 54.1 Å². The average Bonchev–Trinajstić information content (AvgIpc) is 2.76. The van der Waals surface area contributed by atoms with E-state index < -0.39 is 0 Å². The lowest BCUT2D eigenvalue weighted by Gasteiger charge is -2.17. The fourth-order valence-electron chi connectivity index (χ4n) is 2.86. The molecule has 3 aromatic rings. The Hall–Kier alpha value is -3.35. The number of anilines is 2. The molecule has 160 valence electrons. The van der Waals surface area contributed by atoms with E-state index in [0.29, 0.717) is 34.4 Å². The van der Waals surface area contributed by atoms with E-state index in [0.717, 1.165) is 0 Å². The van der Waals surface area contributed by atoms with Crippen LogP contribution < -0.4 is 15.4 Å². The van der Waals surface area contributed by atoms with Crippen LogP contribution in [-0.4, -0.2) is 36.9 Å². The van der Waals surface area contributed by atoms with E-state index in [1.165, 1.54) is 0 Å². The van der Waals surface area contributed by atoms with E-state index in [2.05, 4.69) is 10.6 Å². The highest BCUT2D eigenvalue weighted by atomic mass is 35.5. The summed E-state index contributed by atoms with van der Waals surface area (Å²) < 4.78 is 5.87. The quantitative estimate of drug-likeness (QED) is 0.492. The van der Waals surface area contributed by atoms with Gasteiger partial charge in [0.25, 0.3) is 0 Å². The molecule has 0 heterocycles. The summed E-state index contributed by atoms with van der Waals surface area (Å²) >= 11 is 6.06. The Labute approximate surface area is 186 Å². The number of halogens is 1. The zero-order chi connectivity index (χ0) is 22.1. The standard InChI is InChI=1S/C24H24ClN3O3/c1-28(17-24(30)26-20-12-6-5-11-19(20)25)16-15-23(29)27-21-13-7-8-14-22(21)31-18-9-3-2-4-10-18/h2-14H,15-17H2,1H3,(H,26,30)(H,27,29). The van der Waals surface area contributed by atoms with Gasteiger partial charge in [-0.3, -0.25) is 14.5 Å². The first-order valence-corrected chi connectivity index (χ1v) is 10.2. The summed E-state index contributed by atoms with van der Waals surface area (Å²) in [6.45, 7) is 0.565. The SMILES string of the molecule is CN(CCC(=O)Nc1ccccc1Oc1ccccc1)CC(=O)Nc1ccccc1Cl. The lowest BCUT2D eigenvalue weighted by molar-refractivity contribution is -0.119. The van der Waals surface area contributed by atoms with E-state index in [-0.39, 0.29) is 24.8 Å². The van der Waals surface area contributed by atoms with Crippen molar-refractivity contribution in [2.45, 2.75) is 6.42 Å². The Balaban J connectivity index is 1.48. The van der Waals surface area contributed by atoms with Gasteiger partial charge < -0.3 is 15.4 Å². The highest BCUT2D eigenvalue weighted by Crippen LogP contribution is 2.29. The van der Waals surface area contributed by atoms with E-state index in [9.17, 15) is 9.59 Å². The summed E-state index contributed by atoms with van der Waals surface area (Å²) in [6.07, 6.45) is 0.232. The highest BCUT2D eigenvalue weighted by molar-refractivity contribution is 6.33. The molecule has 31 heavy (non-hydrogen) atoms. The third kappa shape index (κ3) is 7.13. The number of amides is 2. The van der Waals surface area contributed by atoms with E-state index in [1.54, 1.807) is 48.3 Å². The number of carbonyl (C=O) groups excluding carboxylic acids is 2. The molecule has 3 aromatic carbocycles. The second-order valence-corrected chi connectivity index (χ2v) is 7.38. The molecule has 0 saturated carbocycles. The van der Waals surface area contributed by atoms with Gasteiger partial charge in [0.1, 0.15) is 5.75 Å². The number of hydrogen-bond donors (Lipinski definition) is 2. The maximum absolute atomic E-state index is 12.4. The van der Waals surface area contributed by atoms with Crippen LogP contribution in [0.1, 0.15) is 6.42 Å². The zero-order valence-corrected chi connectivity index (χ0v) is 17.9. The minimum absolute atomic E-state index is 0.145. The number of benzene rings is 3. The molecule has 0 aliphatic rings. The maximum Gasteiger partial charge on any atom is 0.238 e. The van der Waals surface area contributed by atoms with Crippen molar-refractivity contribution < 1.29 is 14.3 Å². The Bertz CT molecular complexity index is 1030. The molecular formula is C24H24ClN3O3. The lowest BCUT2D eigenvalue weighted by atomic mass is 10.2. The van der Waals surface area contributed by atoms with Gasteiger partial charge in [0.2, 0.25) is 11.8 Å². The molecule has 0 unspecified atom stereocenters. The summed E-state index contributed by atoms with van der Waals surface area (Å²) in [5.74, 6) is 0.892. The van der Waals surface area contributed by atoms with Crippen molar-refractivity contribution in [3.8, 4) is 11.5 Å². The van der Waals surface area contributed by atoms with Crippen LogP contribution in [0.15, 0.2) is 78.9 Å². The molecular weight excluding hydrogens is 414 g/mol. The van der Waals surface area contributed by atoms with Crippen LogP contribution in [0.5, 0.6) is 11.5 Å². The second-order valence-electron chi connectivity index (χ2n) is 6.98. The van der Waals surface area contributed by atoms with Gasteiger partial charge in [0, 0.05) is 13.0 Å². The van der Waals surface area contributed by atoms with Crippen molar-refractivity contribution in [1.29, 1.82) is 0 Å². The second kappa shape index (κ2) is 11.2. The molecule has 0 aliphatic heterocycles. The summed E-state index contributed by atoms with van der Waals surface area (Å²) in [4.78, 5) is 26.4. The Morgan fingerprint density at radius 1 is 0.839 bits per heavy atom. The van der Waals surface area contributed by atoms with Crippen LogP contribution in [0, 0.1) is 0 Å². The normalized spacial score (nSPS) is 10.5. The number of hydrogen-bond acceptors (Lipinski definition) is 4. The first-order chi connectivity index (χ1) is 15.0. The van der Waals surface area contributed by atoms with Gasteiger partial charge in [-0.25, -0.2) is 0 Å². The molecule has 0 saturated heterocycles. The lowest BCUT2D eigenvalue weighted by Crippen LogP contribution is -2.32. The number of likely N-dealkylation sites (N-methyl/N-ethyl adjacent to an activating group) is 1. The van der Waals surface area contributed by atoms with Crippen LogP contribution in [-0.2, 0) is 9.59 Å². The van der Waals surface area contributed by atoms with E-state index >= 15 is 0 Å². The first kappa shape index (κ1) is 22.3. The Kier molecular flexibility index (Phi) is 8.04. The molecule has 2 N–H and O–H groups in total. The minimum atomic E-state index is -0.197. The van der Waals surface area contributed by atoms with Crippen molar-refractivity contribution >= 4 is 34.8 Å². The number of carbonyl (C=O) groups is 2. The molecule has 3 rings (SSSR count). The summed E-state index contributed by atoms with van der Waals surface area (Å²) in [7, 11) is 1.78. The predicted molar refractivity (Wildman–Crippen MR) is 124 cm³/mol. The van der Waals surface area contributed by atoms with Crippen LogP contribution in [0.4, 0.5) is 11.4 Å². The van der Waals surface area contributed by atoms with Gasteiger partial charge in [-0.05, 0) is 43.4 Å². The molecule has 0 spiro atoms. The molecule has 0 radical (unpaired) electrons. The average molecular weight is 438 g/mol. The summed E-state index contributed by atoms with van der Waals surface area (Å²) in [5.41, 5.74) is 1.16. The van der Waals surface area contributed by atoms with E-state index in [4.69, 9.17) is 16.3 Å². The third-order valence-corrected chi connectivity index (χ3v) is 4.74. The van der Waals surface area contributed by atoms with Gasteiger partial charge in [0.05, 0.1) is 22.9 Å². The molecule has 0 atom stereocenters. The zero-order valence-electron chi connectivity index (χ0n) is 17.2. The molecule has 0 bridgehead atoms. The van der Waals surface area contributed by atoms with Crippen molar-refractivity contribution in [3.05, 3.63) is 83.9 Å². The highest BCUT2D eigenvalue weighted by Gasteiger charge is 2.12. The Morgan fingerprint density at radius 2 is 1.45 bits per heavy atom. The largest absolute Gasteiger partial charge is 0.455 e. The smallest absolute Gasteiger partial charge is 0.238 e.